The summed E-state index contributed by atoms with van der Waals surface area (Å²) < 4.78 is 32.1. The van der Waals surface area contributed by atoms with Crippen molar-refractivity contribution in [2.75, 3.05) is 0 Å². The highest BCUT2D eigenvalue weighted by atomic mass is 32.2. The summed E-state index contributed by atoms with van der Waals surface area (Å²) in [5.74, 6) is 0.922. The van der Waals surface area contributed by atoms with E-state index in [1.165, 1.54) is 28.6 Å². The minimum Gasteiger partial charge on any atom is -0.435 e. The van der Waals surface area contributed by atoms with Crippen molar-refractivity contribution in [1.82, 2.24) is 29.8 Å². The normalized spacial score (nSPS) is 11.3. The van der Waals surface area contributed by atoms with Crippen molar-refractivity contribution < 1.29 is 13.5 Å². The predicted molar refractivity (Wildman–Crippen MR) is 107 cm³/mol. The molecule has 30 heavy (non-hydrogen) atoms. The van der Waals surface area contributed by atoms with Gasteiger partial charge in [0.25, 0.3) is 5.56 Å². The van der Waals surface area contributed by atoms with Gasteiger partial charge in [-0.15, -0.1) is 5.10 Å². The molecule has 2 aromatic heterocycles. The molecule has 11 heteroatoms. The second kappa shape index (κ2) is 8.57. The van der Waals surface area contributed by atoms with Gasteiger partial charge >= 0.3 is 6.61 Å². The third kappa shape index (κ3) is 4.01. The Kier molecular flexibility index (Phi) is 5.70. The van der Waals surface area contributed by atoms with Crippen molar-refractivity contribution in [3.05, 3.63) is 64.7 Å². The van der Waals surface area contributed by atoms with E-state index in [2.05, 4.69) is 25.2 Å². The average Bonchev–Trinajstić information content (AvgIpc) is 3.21. The maximum atomic E-state index is 12.7. The van der Waals surface area contributed by atoms with Crippen LogP contribution >= 0.6 is 11.8 Å². The highest BCUT2D eigenvalue weighted by Gasteiger charge is 2.14. The van der Waals surface area contributed by atoms with Gasteiger partial charge in [-0.1, -0.05) is 23.9 Å². The second-order valence-corrected chi connectivity index (χ2v) is 7.07. The van der Waals surface area contributed by atoms with Crippen LogP contribution in [0.25, 0.3) is 16.6 Å². The van der Waals surface area contributed by atoms with Gasteiger partial charge in [0, 0.05) is 6.54 Å². The molecule has 2 heterocycles. The van der Waals surface area contributed by atoms with Gasteiger partial charge in [0.05, 0.1) is 22.3 Å². The van der Waals surface area contributed by atoms with E-state index in [0.29, 0.717) is 39.9 Å². The third-order valence-corrected chi connectivity index (χ3v) is 5.29. The predicted octanol–water partition coefficient (Wildman–Crippen LogP) is 3.29. The van der Waals surface area contributed by atoms with Crippen molar-refractivity contribution in [2.45, 2.75) is 31.0 Å². The first-order valence-electron chi connectivity index (χ1n) is 9.01. The fourth-order valence-corrected chi connectivity index (χ4v) is 3.90. The van der Waals surface area contributed by atoms with E-state index in [-0.39, 0.29) is 11.3 Å². The molecule has 0 N–H and O–H groups in total. The first-order valence-corrected chi connectivity index (χ1v) is 10.00. The molecule has 0 bridgehead atoms. The number of nitrogens with zero attached hydrogens (tertiary/aromatic N) is 6. The van der Waals surface area contributed by atoms with Crippen LogP contribution in [-0.4, -0.2) is 36.4 Å². The van der Waals surface area contributed by atoms with E-state index in [1.54, 1.807) is 28.8 Å². The summed E-state index contributed by atoms with van der Waals surface area (Å²) in [4.78, 5) is 17.3. The summed E-state index contributed by atoms with van der Waals surface area (Å²) >= 11 is 1.34. The van der Waals surface area contributed by atoms with E-state index in [1.807, 2.05) is 19.1 Å². The number of fused-ring (bicyclic) bond motifs is 1. The number of thioether (sulfide) groups is 1. The van der Waals surface area contributed by atoms with E-state index >= 15 is 0 Å². The monoisotopic (exact) mass is 430 g/mol. The Morgan fingerprint density at radius 2 is 1.90 bits per heavy atom. The lowest BCUT2D eigenvalue weighted by atomic mass is 10.2. The summed E-state index contributed by atoms with van der Waals surface area (Å²) in [6.07, 6.45) is 0. The van der Waals surface area contributed by atoms with Crippen LogP contribution in [0.3, 0.4) is 0 Å². The number of hydrogen-bond acceptors (Lipinski definition) is 7. The van der Waals surface area contributed by atoms with Gasteiger partial charge in [0.1, 0.15) is 5.75 Å². The van der Waals surface area contributed by atoms with Crippen LogP contribution in [0.5, 0.6) is 5.75 Å². The smallest absolute Gasteiger partial charge is 0.387 e. The zero-order valence-corrected chi connectivity index (χ0v) is 16.6. The summed E-state index contributed by atoms with van der Waals surface area (Å²) in [6, 6.07) is 13.2. The largest absolute Gasteiger partial charge is 0.435 e. The minimum absolute atomic E-state index is 0.0464. The quantitative estimate of drug-likeness (QED) is 0.328. The van der Waals surface area contributed by atoms with Gasteiger partial charge in [-0.05, 0) is 53.7 Å². The molecule has 0 radical (unpaired) electrons. The van der Waals surface area contributed by atoms with Crippen molar-refractivity contribution >= 4 is 22.7 Å². The Labute approximate surface area is 173 Å². The maximum absolute atomic E-state index is 12.7. The number of aromatic nitrogens is 6. The standard InChI is InChI=1S/C19H16F2N6O2S/c1-2-26-17(28)14-5-3-4-6-15(14)22-19(26)30-11-16-23-24-25-27(16)12-7-9-13(10-8-12)29-18(20)21/h3-10,18H,2,11H2,1H3. The van der Waals surface area contributed by atoms with E-state index in [4.69, 9.17) is 0 Å². The van der Waals surface area contributed by atoms with Crippen LogP contribution < -0.4 is 10.3 Å². The number of hydrogen-bond donors (Lipinski definition) is 0. The molecule has 4 aromatic rings. The molecular weight excluding hydrogens is 414 g/mol. The highest BCUT2D eigenvalue weighted by Crippen LogP contribution is 2.23. The number of tetrazole rings is 1. The lowest BCUT2D eigenvalue weighted by Crippen LogP contribution is -2.22. The second-order valence-electron chi connectivity index (χ2n) is 6.13. The summed E-state index contributed by atoms with van der Waals surface area (Å²) in [7, 11) is 0. The molecule has 0 aliphatic heterocycles. The molecule has 0 amide bonds. The Balaban J connectivity index is 1.59. The SMILES string of the molecule is CCn1c(SCc2nnnn2-c2ccc(OC(F)F)cc2)nc2ccccc2c1=O. The molecule has 0 atom stereocenters. The molecule has 0 spiro atoms. The lowest BCUT2D eigenvalue weighted by molar-refractivity contribution is -0.0498. The van der Waals surface area contributed by atoms with E-state index in [9.17, 15) is 13.6 Å². The van der Waals surface area contributed by atoms with Crippen LogP contribution in [0.15, 0.2) is 58.5 Å². The van der Waals surface area contributed by atoms with Gasteiger partial charge in [-0.2, -0.15) is 13.5 Å². The van der Waals surface area contributed by atoms with Crippen LogP contribution in [0.4, 0.5) is 8.78 Å². The first-order chi connectivity index (χ1) is 14.6. The zero-order chi connectivity index (χ0) is 21.1. The number of alkyl halides is 2. The Hall–Kier alpha value is -3.34. The molecule has 4 rings (SSSR count). The number of benzene rings is 2. The molecule has 154 valence electrons. The van der Waals surface area contributed by atoms with Gasteiger partial charge in [0.15, 0.2) is 11.0 Å². The molecule has 0 fully saturated rings. The highest BCUT2D eigenvalue weighted by molar-refractivity contribution is 7.98. The van der Waals surface area contributed by atoms with E-state index < -0.39 is 6.61 Å². The van der Waals surface area contributed by atoms with Crippen LogP contribution in [0.2, 0.25) is 0 Å². The van der Waals surface area contributed by atoms with Gasteiger partial charge < -0.3 is 4.74 Å². The van der Waals surface area contributed by atoms with Crippen LogP contribution in [-0.2, 0) is 12.3 Å². The van der Waals surface area contributed by atoms with Gasteiger partial charge in [-0.25, -0.2) is 4.98 Å². The zero-order valence-electron chi connectivity index (χ0n) is 15.8. The molecular formula is C19H16F2N6O2S. The van der Waals surface area contributed by atoms with Crippen molar-refractivity contribution in [3.63, 3.8) is 0 Å². The third-order valence-electron chi connectivity index (χ3n) is 4.31. The molecule has 0 saturated heterocycles. The molecule has 0 unspecified atom stereocenters. The molecule has 0 aliphatic carbocycles. The average molecular weight is 430 g/mol. The lowest BCUT2D eigenvalue weighted by Gasteiger charge is -2.11. The van der Waals surface area contributed by atoms with Gasteiger partial charge in [0.2, 0.25) is 0 Å². The Morgan fingerprint density at radius 1 is 1.13 bits per heavy atom. The Morgan fingerprint density at radius 3 is 2.63 bits per heavy atom. The topological polar surface area (TPSA) is 87.7 Å². The fourth-order valence-electron chi connectivity index (χ4n) is 2.93. The number of para-hydroxylation sites is 1. The maximum Gasteiger partial charge on any atom is 0.387 e. The Bertz CT molecular complexity index is 1230. The van der Waals surface area contributed by atoms with Crippen molar-refractivity contribution in [2.24, 2.45) is 0 Å². The number of rotatable bonds is 7. The molecule has 0 saturated carbocycles. The number of halogens is 2. The minimum atomic E-state index is -2.89. The van der Waals surface area contributed by atoms with Crippen LogP contribution in [0.1, 0.15) is 12.7 Å². The molecule has 8 nitrogen and oxygen atoms in total. The summed E-state index contributed by atoms with van der Waals surface area (Å²) in [6.45, 7) is -0.522. The van der Waals surface area contributed by atoms with Crippen molar-refractivity contribution in [3.8, 4) is 11.4 Å². The van der Waals surface area contributed by atoms with Crippen LogP contribution in [0, 0.1) is 0 Å². The van der Waals surface area contributed by atoms with E-state index in [0.717, 1.165) is 0 Å². The summed E-state index contributed by atoms with van der Waals surface area (Å²) in [5.41, 5.74) is 1.13. The van der Waals surface area contributed by atoms with Gasteiger partial charge in [-0.3, -0.25) is 9.36 Å². The summed E-state index contributed by atoms with van der Waals surface area (Å²) in [5, 5.41) is 12.8. The fraction of sp³-hybridized carbons (Fsp3) is 0.211. The number of ether oxygens (including phenoxy) is 1. The van der Waals surface area contributed by atoms with Crippen molar-refractivity contribution in [1.29, 1.82) is 0 Å². The molecule has 0 aliphatic rings. The first kappa shape index (κ1) is 20.0. The molecule has 2 aromatic carbocycles.